The highest BCUT2D eigenvalue weighted by molar-refractivity contribution is 7.89. The predicted molar refractivity (Wildman–Crippen MR) is 72.2 cm³/mol. The molecule has 0 saturated heterocycles. The largest absolute Gasteiger partial charge is 0.396 e. The third kappa shape index (κ3) is 3.68. The van der Waals surface area contributed by atoms with E-state index in [4.69, 9.17) is 16.7 Å². The molecule has 1 aromatic rings. The maximum atomic E-state index is 12.2. The van der Waals surface area contributed by atoms with Crippen LogP contribution >= 0.6 is 11.6 Å². The van der Waals surface area contributed by atoms with E-state index in [1.807, 2.05) is 6.92 Å². The molecule has 1 atom stereocenters. The average Bonchev–Trinajstić information content (AvgIpc) is 2.29. The topological polar surface area (TPSA) is 66.4 Å². The van der Waals surface area contributed by atoms with Gasteiger partial charge in [0, 0.05) is 12.1 Å². The summed E-state index contributed by atoms with van der Waals surface area (Å²) in [5, 5.41) is 9.18. The number of hydrogen-bond donors (Lipinski definition) is 2. The summed E-state index contributed by atoms with van der Waals surface area (Å²) in [5.41, 5.74) is -0.674. The molecule has 1 rings (SSSR count). The molecule has 0 fully saturated rings. The zero-order chi connectivity index (χ0) is 13.8. The Morgan fingerprint density at radius 1 is 1.39 bits per heavy atom. The normalized spacial score (nSPS) is 15.3. The molecule has 0 bridgehead atoms. The van der Waals surface area contributed by atoms with Crippen LogP contribution in [0.3, 0.4) is 0 Å². The maximum absolute atomic E-state index is 12.2. The van der Waals surface area contributed by atoms with E-state index in [-0.39, 0.29) is 16.5 Å². The molecule has 1 aromatic carbocycles. The van der Waals surface area contributed by atoms with Crippen molar-refractivity contribution in [1.82, 2.24) is 4.72 Å². The summed E-state index contributed by atoms with van der Waals surface area (Å²) in [4.78, 5) is 0.0595. The first-order valence-electron chi connectivity index (χ1n) is 5.74. The molecule has 6 heteroatoms. The van der Waals surface area contributed by atoms with E-state index in [1.54, 1.807) is 19.1 Å². The first-order chi connectivity index (χ1) is 8.34. The fraction of sp³-hybridized carbons (Fsp3) is 0.500. The van der Waals surface area contributed by atoms with Crippen LogP contribution in [0.2, 0.25) is 5.02 Å². The van der Waals surface area contributed by atoms with Crippen molar-refractivity contribution in [3.63, 3.8) is 0 Å². The van der Waals surface area contributed by atoms with Crippen molar-refractivity contribution >= 4 is 21.6 Å². The molecule has 1 unspecified atom stereocenters. The Kier molecular flexibility index (Phi) is 5.16. The van der Waals surface area contributed by atoms with E-state index in [1.165, 1.54) is 12.1 Å². The number of hydrogen-bond acceptors (Lipinski definition) is 3. The van der Waals surface area contributed by atoms with Gasteiger partial charge in [0.15, 0.2) is 0 Å². The third-order valence-electron chi connectivity index (χ3n) is 2.95. The lowest BCUT2D eigenvalue weighted by Crippen LogP contribution is -2.46. The van der Waals surface area contributed by atoms with Crippen LogP contribution in [0.5, 0.6) is 0 Å². The van der Waals surface area contributed by atoms with Gasteiger partial charge in [0.05, 0.1) is 5.02 Å². The predicted octanol–water partition coefficient (Wildman–Crippen LogP) is 2.17. The number of aliphatic hydroxyl groups is 1. The van der Waals surface area contributed by atoms with Crippen molar-refractivity contribution in [2.24, 2.45) is 0 Å². The van der Waals surface area contributed by atoms with Gasteiger partial charge < -0.3 is 5.11 Å². The molecule has 0 spiro atoms. The van der Waals surface area contributed by atoms with E-state index >= 15 is 0 Å². The molecule has 0 aliphatic heterocycles. The minimum Gasteiger partial charge on any atom is -0.396 e. The van der Waals surface area contributed by atoms with Gasteiger partial charge in [-0.25, -0.2) is 13.1 Å². The fourth-order valence-electron chi connectivity index (χ4n) is 1.59. The first kappa shape index (κ1) is 15.4. The Hall–Kier alpha value is -0.620. The number of nitrogens with one attached hydrogen (secondary N) is 1. The second-order valence-corrected chi connectivity index (χ2v) is 6.48. The zero-order valence-electron chi connectivity index (χ0n) is 10.5. The Morgan fingerprint density at radius 3 is 2.50 bits per heavy atom. The summed E-state index contributed by atoms with van der Waals surface area (Å²) < 4.78 is 27.1. The Balaban J connectivity index is 3.06. The second-order valence-electron chi connectivity index (χ2n) is 4.42. The lowest BCUT2D eigenvalue weighted by atomic mass is 9.97. The van der Waals surface area contributed by atoms with Crippen molar-refractivity contribution in [3.8, 4) is 0 Å². The van der Waals surface area contributed by atoms with Crippen LogP contribution in [0, 0.1) is 0 Å². The minimum absolute atomic E-state index is 0.0595. The van der Waals surface area contributed by atoms with E-state index in [0.29, 0.717) is 12.8 Å². The Labute approximate surface area is 113 Å². The molecule has 4 nitrogen and oxygen atoms in total. The molecule has 0 aliphatic rings. The Morgan fingerprint density at radius 2 is 2.00 bits per heavy atom. The molecule has 102 valence electrons. The van der Waals surface area contributed by atoms with Gasteiger partial charge in [-0.1, -0.05) is 30.7 Å². The van der Waals surface area contributed by atoms with Crippen LogP contribution in [0.25, 0.3) is 0 Å². The molecule has 18 heavy (non-hydrogen) atoms. The summed E-state index contributed by atoms with van der Waals surface area (Å²) >= 11 is 5.89. The minimum atomic E-state index is -3.68. The summed E-state index contributed by atoms with van der Waals surface area (Å²) in [6.07, 6.45) is 0.935. The van der Waals surface area contributed by atoms with Crippen LogP contribution in [-0.2, 0) is 10.0 Å². The molecule has 0 radical (unpaired) electrons. The van der Waals surface area contributed by atoms with E-state index in [9.17, 15) is 8.42 Å². The van der Waals surface area contributed by atoms with Gasteiger partial charge in [0.1, 0.15) is 4.90 Å². The van der Waals surface area contributed by atoms with Crippen LogP contribution in [-0.4, -0.2) is 25.7 Å². The number of halogens is 1. The smallest absolute Gasteiger partial charge is 0.242 e. The van der Waals surface area contributed by atoms with Crippen LogP contribution < -0.4 is 4.72 Å². The highest BCUT2D eigenvalue weighted by Crippen LogP contribution is 2.24. The van der Waals surface area contributed by atoms with Gasteiger partial charge in [-0.15, -0.1) is 0 Å². The van der Waals surface area contributed by atoms with Crippen molar-refractivity contribution in [1.29, 1.82) is 0 Å². The molecule has 2 N–H and O–H groups in total. The quantitative estimate of drug-likeness (QED) is 0.844. The highest BCUT2D eigenvalue weighted by atomic mass is 35.5. The fourth-order valence-corrected chi connectivity index (χ4v) is 3.62. The van der Waals surface area contributed by atoms with Gasteiger partial charge in [-0.05, 0) is 31.9 Å². The third-order valence-corrected chi connectivity index (χ3v) is 5.09. The second kappa shape index (κ2) is 6.02. The van der Waals surface area contributed by atoms with Crippen molar-refractivity contribution in [2.45, 2.75) is 37.1 Å². The number of aliphatic hydroxyl groups excluding tert-OH is 1. The molecule has 0 amide bonds. The standard InChI is InChI=1S/C12H18ClNO3S/c1-3-12(2,8-9-15)14-18(16,17)11-7-5-4-6-10(11)13/h4-7,14-15H,3,8-9H2,1-2H3. The SMILES string of the molecule is CCC(C)(CCO)NS(=O)(=O)c1ccccc1Cl. The monoisotopic (exact) mass is 291 g/mol. The van der Waals surface area contributed by atoms with Gasteiger partial charge in [0.25, 0.3) is 0 Å². The molecule has 0 saturated carbocycles. The van der Waals surface area contributed by atoms with Gasteiger partial charge >= 0.3 is 0 Å². The summed E-state index contributed by atoms with van der Waals surface area (Å²) in [7, 11) is -3.68. The molecule has 0 aliphatic carbocycles. The van der Waals surface area contributed by atoms with Crippen LogP contribution in [0.15, 0.2) is 29.2 Å². The van der Waals surface area contributed by atoms with E-state index < -0.39 is 15.6 Å². The van der Waals surface area contributed by atoms with E-state index in [2.05, 4.69) is 4.72 Å². The van der Waals surface area contributed by atoms with Gasteiger partial charge in [-0.2, -0.15) is 0 Å². The maximum Gasteiger partial charge on any atom is 0.242 e. The molecule has 0 aromatic heterocycles. The number of benzene rings is 1. The average molecular weight is 292 g/mol. The van der Waals surface area contributed by atoms with Gasteiger partial charge in [0.2, 0.25) is 10.0 Å². The molecule has 0 heterocycles. The lowest BCUT2D eigenvalue weighted by molar-refractivity contribution is 0.233. The van der Waals surface area contributed by atoms with Crippen LogP contribution in [0.1, 0.15) is 26.7 Å². The van der Waals surface area contributed by atoms with Crippen LogP contribution in [0.4, 0.5) is 0 Å². The van der Waals surface area contributed by atoms with Crippen molar-refractivity contribution < 1.29 is 13.5 Å². The van der Waals surface area contributed by atoms with Crippen molar-refractivity contribution in [2.75, 3.05) is 6.61 Å². The number of rotatable bonds is 6. The molecular weight excluding hydrogens is 274 g/mol. The summed E-state index contributed by atoms with van der Waals surface area (Å²) in [6, 6.07) is 6.29. The summed E-state index contributed by atoms with van der Waals surface area (Å²) in [5.74, 6) is 0. The Bertz CT molecular complexity index is 504. The molecular formula is C12H18ClNO3S. The van der Waals surface area contributed by atoms with E-state index in [0.717, 1.165) is 0 Å². The van der Waals surface area contributed by atoms with Crippen molar-refractivity contribution in [3.05, 3.63) is 29.3 Å². The highest BCUT2D eigenvalue weighted by Gasteiger charge is 2.29. The van der Waals surface area contributed by atoms with Gasteiger partial charge in [-0.3, -0.25) is 0 Å². The lowest BCUT2D eigenvalue weighted by Gasteiger charge is -2.28. The zero-order valence-corrected chi connectivity index (χ0v) is 12.1. The number of sulfonamides is 1. The summed E-state index contributed by atoms with van der Waals surface area (Å²) in [6.45, 7) is 3.55. The first-order valence-corrected chi connectivity index (χ1v) is 7.60.